The first-order chi connectivity index (χ1) is 9.20. The Balaban J connectivity index is 2.06. The number of aromatic nitrogens is 1. The molecule has 0 bridgehead atoms. The molecule has 0 saturated carbocycles. The van der Waals surface area contributed by atoms with Crippen LogP contribution in [0, 0.1) is 6.92 Å². The molecular weight excluding hydrogens is 260 g/mol. The Kier molecular flexibility index (Phi) is 4.77. The molecule has 1 heterocycles. The van der Waals surface area contributed by atoms with Crippen LogP contribution in [0.1, 0.15) is 16.8 Å². The van der Waals surface area contributed by atoms with E-state index >= 15 is 0 Å². The van der Waals surface area contributed by atoms with Crippen molar-refractivity contribution in [3.63, 3.8) is 0 Å². The first kappa shape index (κ1) is 13.8. The molecule has 0 fully saturated rings. The maximum Gasteiger partial charge on any atom is 0.138 e. The van der Waals surface area contributed by atoms with Gasteiger partial charge in [0, 0.05) is 12.7 Å². The van der Waals surface area contributed by atoms with Crippen LogP contribution in [0.3, 0.4) is 0 Å². The van der Waals surface area contributed by atoms with Crippen molar-refractivity contribution >= 4 is 11.6 Å². The second-order valence-electron chi connectivity index (χ2n) is 4.35. The second kappa shape index (κ2) is 6.55. The quantitative estimate of drug-likeness (QED) is 0.909. The summed E-state index contributed by atoms with van der Waals surface area (Å²) < 4.78 is 5.72. The summed E-state index contributed by atoms with van der Waals surface area (Å²) in [5.41, 5.74) is 3.18. The number of rotatable bonds is 5. The lowest BCUT2D eigenvalue weighted by atomic mass is 10.2. The highest BCUT2D eigenvalue weighted by molar-refractivity contribution is 6.32. The molecule has 0 aliphatic carbocycles. The van der Waals surface area contributed by atoms with Crippen molar-refractivity contribution in [2.75, 3.05) is 7.05 Å². The van der Waals surface area contributed by atoms with Crippen LogP contribution in [-0.4, -0.2) is 12.0 Å². The Hall–Kier alpha value is -1.58. The lowest BCUT2D eigenvalue weighted by molar-refractivity contribution is 0.300. The number of nitrogens with zero attached hydrogens (tertiary/aromatic N) is 1. The van der Waals surface area contributed by atoms with Gasteiger partial charge in [-0.05, 0) is 43.3 Å². The molecule has 0 spiro atoms. The van der Waals surface area contributed by atoms with Crippen molar-refractivity contribution < 1.29 is 4.74 Å². The number of halogens is 1. The molecule has 4 heteroatoms. The van der Waals surface area contributed by atoms with E-state index in [9.17, 15) is 0 Å². The minimum absolute atomic E-state index is 0.428. The second-order valence-corrected chi connectivity index (χ2v) is 4.76. The van der Waals surface area contributed by atoms with Gasteiger partial charge in [-0.2, -0.15) is 0 Å². The average Bonchev–Trinajstić information content (AvgIpc) is 2.40. The van der Waals surface area contributed by atoms with Crippen molar-refractivity contribution in [1.82, 2.24) is 10.3 Å². The van der Waals surface area contributed by atoms with Gasteiger partial charge >= 0.3 is 0 Å². The van der Waals surface area contributed by atoms with Gasteiger partial charge < -0.3 is 10.1 Å². The van der Waals surface area contributed by atoms with Crippen molar-refractivity contribution in [1.29, 1.82) is 0 Å². The SMILES string of the molecule is CNCc1ccc(OCc2ncccc2C)c(Cl)c1. The number of hydrogen-bond donors (Lipinski definition) is 1. The molecule has 0 aliphatic heterocycles. The van der Waals surface area contributed by atoms with Crippen LogP contribution in [-0.2, 0) is 13.2 Å². The molecule has 0 aliphatic rings. The van der Waals surface area contributed by atoms with Crippen LogP contribution in [0.5, 0.6) is 5.75 Å². The van der Waals surface area contributed by atoms with E-state index in [4.69, 9.17) is 16.3 Å². The molecule has 19 heavy (non-hydrogen) atoms. The van der Waals surface area contributed by atoms with Crippen LogP contribution in [0.4, 0.5) is 0 Å². The molecule has 0 saturated heterocycles. The van der Waals surface area contributed by atoms with Gasteiger partial charge in [-0.25, -0.2) is 0 Å². The number of hydrogen-bond acceptors (Lipinski definition) is 3. The number of benzene rings is 1. The molecule has 1 aromatic carbocycles. The van der Waals surface area contributed by atoms with Gasteiger partial charge in [-0.3, -0.25) is 4.98 Å². The maximum atomic E-state index is 6.20. The summed E-state index contributed by atoms with van der Waals surface area (Å²) in [6.07, 6.45) is 1.77. The van der Waals surface area contributed by atoms with Gasteiger partial charge in [0.1, 0.15) is 12.4 Å². The van der Waals surface area contributed by atoms with Gasteiger partial charge in [-0.1, -0.05) is 23.7 Å². The lowest BCUT2D eigenvalue weighted by Gasteiger charge is -2.10. The Morgan fingerprint density at radius 2 is 2.16 bits per heavy atom. The molecule has 0 atom stereocenters. The molecular formula is C15H17ClN2O. The van der Waals surface area contributed by atoms with Gasteiger partial charge in [0.05, 0.1) is 10.7 Å². The van der Waals surface area contributed by atoms with Crippen molar-refractivity contribution in [3.05, 3.63) is 58.4 Å². The third-order valence-corrected chi connectivity index (χ3v) is 3.15. The van der Waals surface area contributed by atoms with E-state index in [-0.39, 0.29) is 0 Å². The van der Waals surface area contributed by atoms with E-state index in [0.29, 0.717) is 17.4 Å². The highest BCUT2D eigenvalue weighted by Gasteiger charge is 2.05. The van der Waals surface area contributed by atoms with E-state index in [1.54, 1.807) is 6.20 Å². The van der Waals surface area contributed by atoms with Crippen LogP contribution in [0.2, 0.25) is 5.02 Å². The van der Waals surface area contributed by atoms with Crippen LogP contribution in [0.15, 0.2) is 36.5 Å². The van der Waals surface area contributed by atoms with Crippen LogP contribution >= 0.6 is 11.6 Å². The number of nitrogens with one attached hydrogen (secondary N) is 1. The first-order valence-corrected chi connectivity index (χ1v) is 6.55. The summed E-state index contributed by atoms with van der Waals surface area (Å²) in [5, 5.41) is 3.71. The molecule has 0 radical (unpaired) electrons. The van der Waals surface area contributed by atoms with Crippen LogP contribution in [0.25, 0.3) is 0 Å². The van der Waals surface area contributed by atoms with E-state index in [2.05, 4.69) is 10.3 Å². The molecule has 1 aromatic heterocycles. The Bertz CT molecular complexity index is 558. The zero-order valence-corrected chi connectivity index (χ0v) is 11.9. The van der Waals surface area contributed by atoms with Gasteiger partial charge in [-0.15, -0.1) is 0 Å². The Morgan fingerprint density at radius 3 is 2.84 bits per heavy atom. The number of ether oxygens (including phenoxy) is 1. The molecule has 0 amide bonds. The predicted molar refractivity (Wildman–Crippen MR) is 77.5 cm³/mol. The van der Waals surface area contributed by atoms with Gasteiger partial charge in [0.2, 0.25) is 0 Å². The lowest BCUT2D eigenvalue weighted by Crippen LogP contribution is -2.05. The average molecular weight is 277 g/mol. The summed E-state index contributed by atoms with van der Waals surface area (Å²) >= 11 is 6.20. The highest BCUT2D eigenvalue weighted by Crippen LogP contribution is 2.26. The normalized spacial score (nSPS) is 10.5. The summed E-state index contributed by atoms with van der Waals surface area (Å²) in [5.74, 6) is 0.687. The van der Waals surface area contributed by atoms with Crippen LogP contribution < -0.4 is 10.1 Å². The molecule has 100 valence electrons. The molecule has 2 aromatic rings. The minimum Gasteiger partial charge on any atom is -0.486 e. The molecule has 3 nitrogen and oxygen atoms in total. The standard InChI is InChI=1S/C15H17ClN2O/c1-11-4-3-7-18-14(11)10-19-15-6-5-12(9-17-2)8-13(15)16/h3-8,17H,9-10H2,1-2H3. The topological polar surface area (TPSA) is 34.1 Å². The fourth-order valence-electron chi connectivity index (χ4n) is 1.79. The fraction of sp³-hybridized carbons (Fsp3) is 0.267. The Morgan fingerprint density at radius 1 is 1.32 bits per heavy atom. The van der Waals surface area contributed by atoms with Crippen molar-refractivity contribution in [3.8, 4) is 5.75 Å². The fourth-order valence-corrected chi connectivity index (χ4v) is 2.05. The molecule has 0 unspecified atom stereocenters. The monoisotopic (exact) mass is 276 g/mol. The molecule has 2 rings (SSSR count). The maximum absolute atomic E-state index is 6.20. The third kappa shape index (κ3) is 3.69. The van der Waals surface area contributed by atoms with Gasteiger partial charge in [0.25, 0.3) is 0 Å². The third-order valence-electron chi connectivity index (χ3n) is 2.86. The minimum atomic E-state index is 0.428. The summed E-state index contributed by atoms with van der Waals surface area (Å²) in [6, 6.07) is 9.75. The molecule has 1 N–H and O–H groups in total. The largest absolute Gasteiger partial charge is 0.486 e. The van der Waals surface area contributed by atoms with Crippen molar-refractivity contribution in [2.45, 2.75) is 20.1 Å². The summed E-state index contributed by atoms with van der Waals surface area (Å²) in [6.45, 7) is 3.24. The van der Waals surface area contributed by atoms with E-state index in [1.165, 1.54) is 0 Å². The number of pyridine rings is 1. The zero-order chi connectivity index (χ0) is 13.7. The van der Waals surface area contributed by atoms with E-state index in [1.807, 2.05) is 44.3 Å². The predicted octanol–water partition coefficient (Wildman–Crippen LogP) is 3.34. The smallest absolute Gasteiger partial charge is 0.138 e. The summed E-state index contributed by atoms with van der Waals surface area (Å²) in [7, 11) is 1.90. The first-order valence-electron chi connectivity index (χ1n) is 6.17. The van der Waals surface area contributed by atoms with Crippen molar-refractivity contribution in [2.24, 2.45) is 0 Å². The van der Waals surface area contributed by atoms with Gasteiger partial charge in [0.15, 0.2) is 0 Å². The summed E-state index contributed by atoms with van der Waals surface area (Å²) in [4.78, 5) is 4.29. The van der Waals surface area contributed by atoms with E-state index in [0.717, 1.165) is 23.4 Å². The van der Waals surface area contributed by atoms with E-state index < -0.39 is 0 Å². The number of aryl methyl sites for hydroxylation is 1. The highest BCUT2D eigenvalue weighted by atomic mass is 35.5. The zero-order valence-electron chi connectivity index (χ0n) is 11.1. The Labute approximate surface area is 118 Å².